The molecule has 0 spiro atoms. The van der Waals surface area contributed by atoms with Crippen molar-refractivity contribution in [2.24, 2.45) is 0 Å². The molecule has 0 saturated carbocycles. The van der Waals surface area contributed by atoms with Crippen LogP contribution in [0.2, 0.25) is 0 Å². The zero-order valence-electron chi connectivity index (χ0n) is 16.7. The van der Waals surface area contributed by atoms with E-state index in [1.165, 1.54) is 7.11 Å². The van der Waals surface area contributed by atoms with E-state index >= 15 is 0 Å². The van der Waals surface area contributed by atoms with Gasteiger partial charge in [-0.1, -0.05) is 24.3 Å². The lowest BCUT2D eigenvalue weighted by Gasteiger charge is -2.19. The van der Waals surface area contributed by atoms with Crippen LogP contribution in [-0.4, -0.2) is 29.9 Å². The van der Waals surface area contributed by atoms with Crippen molar-refractivity contribution in [2.75, 3.05) is 17.3 Å². The maximum Gasteiger partial charge on any atom is 0.266 e. The summed E-state index contributed by atoms with van der Waals surface area (Å²) in [6.07, 6.45) is 0. The number of thiocarbonyl (C=S) groups is 1. The van der Waals surface area contributed by atoms with E-state index in [-0.39, 0.29) is 11.0 Å². The van der Waals surface area contributed by atoms with Gasteiger partial charge in [0.25, 0.3) is 17.7 Å². The Morgan fingerprint density at radius 1 is 0.969 bits per heavy atom. The molecule has 9 heteroatoms. The van der Waals surface area contributed by atoms with Gasteiger partial charge in [-0.25, -0.2) is 4.90 Å². The van der Waals surface area contributed by atoms with Gasteiger partial charge in [-0.15, -0.1) is 0 Å². The molecule has 0 atom stereocenters. The molecule has 0 radical (unpaired) electrons. The van der Waals surface area contributed by atoms with Crippen molar-refractivity contribution in [3.63, 3.8) is 0 Å². The molecule has 0 fully saturated rings. The second-order valence-electron chi connectivity index (χ2n) is 6.77. The van der Waals surface area contributed by atoms with Crippen molar-refractivity contribution in [2.45, 2.75) is 0 Å². The van der Waals surface area contributed by atoms with Crippen molar-refractivity contribution >= 4 is 69.0 Å². The molecule has 7 nitrogen and oxygen atoms in total. The normalized spacial score (nSPS) is 12.4. The number of hydrogen-bond acceptors (Lipinski definition) is 5. The van der Waals surface area contributed by atoms with Gasteiger partial charge in [0, 0.05) is 15.3 Å². The second-order valence-corrected chi connectivity index (χ2v) is 8.34. The summed E-state index contributed by atoms with van der Waals surface area (Å²) in [6.45, 7) is 0. The number of methoxy groups -OCH3 is 1. The molecule has 0 unspecified atom stereocenters. The number of carbonyl (C=O) groups is 3. The topological polar surface area (TPSA) is 87.7 Å². The lowest BCUT2D eigenvalue weighted by Crippen LogP contribution is -2.34. The Morgan fingerprint density at radius 3 is 2.22 bits per heavy atom. The first-order valence-corrected chi connectivity index (χ1v) is 10.9. The van der Waals surface area contributed by atoms with Crippen LogP contribution in [0.25, 0.3) is 0 Å². The Kier molecular flexibility index (Phi) is 6.19. The summed E-state index contributed by atoms with van der Waals surface area (Å²) in [6, 6.07) is 18.7. The minimum Gasteiger partial charge on any atom is -0.494 e. The average molecular weight is 557 g/mol. The van der Waals surface area contributed by atoms with E-state index < -0.39 is 11.8 Å². The quantitative estimate of drug-likeness (QED) is 0.284. The van der Waals surface area contributed by atoms with Gasteiger partial charge in [0.2, 0.25) is 0 Å². The molecule has 2 N–H and O–H groups in total. The number of ether oxygens (including phenoxy) is 1. The fourth-order valence-corrected chi connectivity index (χ4v) is 4.17. The van der Waals surface area contributed by atoms with Crippen LogP contribution in [0.5, 0.6) is 5.75 Å². The first-order chi connectivity index (χ1) is 15.4. The first kappa shape index (κ1) is 21.9. The number of nitrogens with one attached hydrogen (secondary N) is 2. The average Bonchev–Trinajstić information content (AvgIpc) is 3.04. The van der Waals surface area contributed by atoms with Crippen LogP contribution in [0.15, 0.2) is 66.7 Å². The minimum absolute atomic E-state index is 0.102. The molecular formula is C23H16IN3O4S. The molecular weight excluding hydrogens is 541 g/mol. The number of hydrogen-bond donors (Lipinski definition) is 2. The Balaban J connectivity index is 1.53. The third-order valence-electron chi connectivity index (χ3n) is 4.82. The predicted octanol–water partition coefficient (Wildman–Crippen LogP) is 4.23. The zero-order chi connectivity index (χ0) is 22.8. The van der Waals surface area contributed by atoms with E-state index in [1.54, 1.807) is 54.6 Å². The zero-order valence-corrected chi connectivity index (χ0v) is 19.7. The number of fused-ring (bicyclic) bond motifs is 1. The van der Waals surface area contributed by atoms with Crippen LogP contribution in [-0.2, 0) is 0 Å². The third-order valence-corrected chi connectivity index (χ3v) is 5.96. The van der Waals surface area contributed by atoms with Gasteiger partial charge >= 0.3 is 0 Å². The largest absolute Gasteiger partial charge is 0.494 e. The molecule has 4 rings (SSSR count). The molecule has 0 saturated heterocycles. The Hall–Kier alpha value is -3.31. The summed E-state index contributed by atoms with van der Waals surface area (Å²) in [4.78, 5) is 39.1. The highest BCUT2D eigenvalue weighted by molar-refractivity contribution is 14.1. The summed E-state index contributed by atoms with van der Waals surface area (Å²) in [5.41, 5.74) is 2.05. The van der Waals surface area contributed by atoms with Crippen molar-refractivity contribution in [3.05, 3.63) is 87.0 Å². The van der Waals surface area contributed by atoms with Gasteiger partial charge < -0.3 is 10.1 Å². The number of nitrogens with zero attached hydrogens (tertiary/aromatic N) is 1. The molecule has 3 amide bonds. The smallest absolute Gasteiger partial charge is 0.266 e. The Bertz CT molecular complexity index is 1240. The lowest BCUT2D eigenvalue weighted by molar-refractivity contribution is 0.0922. The molecule has 32 heavy (non-hydrogen) atoms. The highest BCUT2D eigenvalue weighted by atomic mass is 127. The standard InChI is InChI=1S/C23H16IN3O4S/c1-31-19-12-13(25-23(32)26-20(28)16-8-4-5-9-17(16)24)10-11-18(19)27-21(29)14-6-2-3-7-15(14)22(27)30/h2-12H,1H3,(H2,25,26,28,32). The number of imide groups is 1. The molecule has 0 aromatic heterocycles. The van der Waals surface area contributed by atoms with Crippen molar-refractivity contribution in [1.82, 2.24) is 5.32 Å². The van der Waals surface area contributed by atoms with Crippen LogP contribution >= 0.6 is 34.8 Å². The van der Waals surface area contributed by atoms with Gasteiger partial charge in [-0.3, -0.25) is 19.7 Å². The van der Waals surface area contributed by atoms with Crippen LogP contribution in [0.1, 0.15) is 31.1 Å². The highest BCUT2D eigenvalue weighted by Gasteiger charge is 2.37. The number of rotatable bonds is 4. The Morgan fingerprint density at radius 2 is 1.59 bits per heavy atom. The van der Waals surface area contributed by atoms with Crippen molar-refractivity contribution in [1.29, 1.82) is 0 Å². The Labute approximate surface area is 202 Å². The van der Waals surface area contributed by atoms with Crippen molar-refractivity contribution in [3.8, 4) is 5.75 Å². The van der Waals surface area contributed by atoms with E-state index in [4.69, 9.17) is 17.0 Å². The summed E-state index contributed by atoms with van der Waals surface area (Å²) < 4.78 is 6.23. The van der Waals surface area contributed by atoms with E-state index in [9.17, 15) is 14.4 Å². The van der Waals surface area contributed by atoms with Gasteiger partial charge in [0.1, 0.15) is 5.75 Å². The summed E-state index contributed by atoms with van der Waals surface area (Å²) in [5.74, 6) is -0.854. The molecule has 1 aliphatic heterocycles. The monoisotopic (exact) mass is 557 g/mol. The van der Waals surface area contributed by atoms with Gasteiger partial charge in [-0.2, -0.15) is 0 Å². The van der Waals surface area contributed by atoms with Gasteiger partial charge in [0.05, 0.1) is 29.5 Å². The van der Waals surface area contributed by atoms with E-state index in [0.29, 0.717) is 33.8 Å². The number of amides is 3. The second kappa shape index (κ2) is 9.05. The summed E-state index contributed by atoms with van der Waals surface area (Å²) >= 11 is 7.34. The SMILES string of the molecule is COc1cc(NC(=S)NC(=O)c2ccccc2I)ccc1N1C(=O)c2ccccc2C1=O. The van der Waals surface area contributed by atoms with Crippen LogP contribution in [0.4, 0.5) is 11.4 Å². The molecule has 160 valence electrons. The molecule has 0 bridgehead atoms. The number of carbonyl (C=O) groups excluding carboxylic acids is 3. The molecule has 1 aliphatic rings. The summed E-state index contributed by atoms with van der Waals surface area (Å²) in [5, 5.41) is 5.66. The lowest BCUT2D eigenvalue weighted by atomic mass is 10.1. The fourth-order valence-electron chi connectivity index (χ4n) is 3.33. The molecule has 0 aliphatic carbocycles. The van der Waals surface area contributed by atoms with E-state index in [2.05, 4.69) is 33.2 Å². The van der Waals surface area contributed by atoms with E-state index in [1.807, 2.05) is 12.1 Å². The van der Waals surface area contributed by atoms with E-state index in [0.717, 1.165) is 8.47 Å². The van der Waals surface area contributed by atoms with Crippen LogP contribution in [0.3, 0.4) is 0 Å². The number of halogens is 1. The van der Waals surface area contributed by atoms with Crippen molar-refractivity contribution < 1.29 is 19.1 Å². The third kappa shape index (κ3) is 4.08. The molecule has 1 heterocycles. The molecule has 3 aromatic carbocycles. The number of benzene rings is 3. The van der Waals surface area contributed by atoms with Gasteiger partial charge in [0.15, 0.2) is 5.11 Å². The minimum atomic E-state index is -0.412. The maximum atomic E-state index is 12.8. The maximum absolute atomic E-state index is 12.8. The first-order valence-electron chi connectivity index (χ1n) is 9.43. The molecule has 3 aromatic rings. The fraction of sp³-hybridized carbons (Fsp3) is 0.0435. The number of anilines is 2. The van der Waals surface area contributed by atoms with Crippen LogP contribution < -0.4 is 20.3 Å². The van der Waals surface area contributed by atoms with Gasteiger partial charge in [-0.05, 0) is 71.2 Å². The predicted molar refractivity (Wildman–Crippen MR) is 133 cm³/mol. The van der Waals surface area contributed by atoms with Crippen LogP contribution in [0, 0.1) is 3.57 Å². The summed E-state index contributed by atoms with van der Waals surface area (Å²) in [7, 11) is 1.44. The highest BCUT2D eigenvalue weighted by Crippen LogP contribution is 2.36.